The number of nitrogens with one attached hydrogen (secondary N) is 1. The Hall–Kier alpha value is -3.66. The second-order valence-electron chi connectivity index (χ2n) is 8.23. The van der Waals surface area contributed by atoms with Gasteiger partial charge in [-0.2, -0.15) is 0 Å². The molecule has 0 fully saturated rings. The van der Waals surface area contributed by atoms with Crippen molar-refractivity contribution in [2.24, 2.45) is 0 Å². The number of nitrogens with zero attached hydrogens (tertiary/aromatic N) is 3. The molecule has 0 saturated carbocycles. The summed E-state index contributed by atoms with van der Waals surface area (Å²) in [5.74, 6) is -0.820. The van der Waals surface area contributed by atoms with Gasteiger partial charge in [0.2, 0.25) is 0 Å². The molecule has 1 aromatic carbocycles. The SMILES string of the molecule is CCCCc1ncc(/C=C(/C(=O)O)N(CCCC)C(=O)NCOC)n1Cc1ccc(C(=O)OC)cc1. The normalized spacial score (nSPS) is 11.3. The lowest BCUT2D eigenvalue weighted by Gasteiger charge is -2.23. The molecule has 2 N–H and O–H groups in total. The van der Waals surface area contributed by atoms with E-state index in [-0.39, 0.29) is 19.0 Å². The summed E-state index contributed by atoms with van der Waals surface area (Å²) in [6.07, 6.45) is 7.17. The Balaban J connectivity index is 2.48. The van der Waals surface area contributed by atoms with E-state index < -0.39 is 18.0 Å². The average molecular weight is 501 g/mol. The zero-order valence-corrected chi connectivity index (χ0v) is 21.5. The Kier molecular flexibility index (Phi) is 11.6. The Bertz CT molecular complexity index is 1050. The Labute approximate surface area is 211 Å². The molecular formula is C26H36N4O6. The number of carboxylic acids is 1. The van der Waals surface area contributed by atoms with Crippen molar-refractivity contribution < 1.29 is 29.0 Å². The van der Waals surface area contributed by atoms with E-state index in [0.717, 1.165) is 37.1 Å². The molecular weight excluding hydrogens is 464 g/mol. The zero-order valence-electron chi connectivity index (χ0n) is 21.5. The van der Waals surface area contributed by atoms with Crippen molar-refractivity contribution in [2.45, 2.75) is 52.5 Å². The summed E-state index contributed by atoms with van der Waals surface area (Å²) in [6.45, 7) is 4.69. The number of carbonyl (C=O) groups excluding carboxylic acids is 2. The van der Waals surface area contributed by atoms with Crippen LogP contribution in [0.5, 0.6) is 0 Å². The van der Waals surface area contributed by atoms with Gasteiger partial charge in [-0.25, -0.2) is 19.4 Å². The standard InChI is InChI=1S/C26H36N4O6/c1-5-7-9-23-27-16-21(30(23)17-19-10-12-20(13-11-19)25(33)36-4)15-22(24(31)32)29(14-8-6-2)26(34)28-18-35-3/h10-13,15-16H,5-9,14,17-18H2,1-4H3,(H,28,34)(H,31,32)/b22-15-. The van der Waals surface area contributed by atoms with Crippen LogP contribution in [0.15, 0.2) is 36.2 Å². The summed E-state index contributed by atoms with van der Waals surface area (Å²) in [7, 11) is 2.78. The van der Waals surface area contributed by atoms with Gasteiger partial charge in [0.1, 0.15) is 18.3 Å². The largest absolute Gasteiger partial charge is 0.477 e. The van der Waals surface area contributed by atoms with Crippen LogP contribution in [0.2, 0.25) is 0 Å². The first kappa shape index (κ1) is 28.6. The monoisotopic (exact) mass is 500 g/mol. The molecule has 0 bridgehead atoms. The number of hydrogen-bond acceptors (Lipinski definition) is 6. The van der Waals surface area contributed by atoms with Crippen LogP contribution in [0.1, 0.15) is 67.0 Å². The summed E-state index contributed by atoms with van der Waals surface area (Å²) >= 11 is 0. The molecule has 0 aliphatic heterocycles. The van der Waals surface area contributed by atoms with E-state index in [4.69, 9.17) is 9.47 Å². The van der Waals surface area contributed by atoms with Crippen LogP contribution >= 0.6 is 0 Å². The predicted octanol–water partition coefficient (Wildman–Crippen LogP) is 3.90. The Morgan fingerprint density at radius 1 is 1.11 bits per heavy atom. The van der Waals surface area contributed by atoms with E-state index in [1.165, 1.54) is 25.2 Å². The first-order chi connectivity index (χ1) is 17.4. The molecule has 0 unspecified atom stereocenters. The van der Waals surface area contributed by atoms with Crippen molar-refractivity contribution in [2.75, 3.05) is 27.5 Å². The Morgan fingerprint density at radius 3 is 2.39 bits per heavy atom. The highest BCUT2D eigenvalue weighted by Crippen LogP contribution is 2.19. The highest BCUT2D eigenvalue weighted by molar-refractivity contribution is 5.96. The molecule has 196 valence electrons. The zero-order chi connectivity index (χ0) is 26.5. The van der Waals surface area contributed by atoms with Crippen molar-refractivity contribution >= 4 is 24.0 Å². The number of aromatic nitrogens is 2. The molecule has 0 radical (unpaired) electrons. The van der Waals surface area contributed by atoms with Crippen molar-refractivity contribution in [3.05, 3.63) is 58.8 Å². The lowest BCUT2D eigenvalue weighted by Crippen LogP contribution is -2.42. The number of benzene rings is 1. The number of aliphatic carboxylic acids is 1. The number of amides is 2. The van der Waals surface area contributed by atoms with Gasteiger partial charge in [-0.05, 0) is 36.6 Å². The third-order valence-corrected chi connectivity index (χ3v) is 5.58. The fourth-order valence-electron chi connectivity index (χ4n) is 3.58. The van der Waals surface area contributed by atoms with E-state index in [1.54, 1.807) is 18.3 Å². The minimum absolute atomic E-state index is 0.0327. The fraction of sp³-hybridized carbons (Fsp3) is 0.462. The minimum atomic E-state index is -1.22. The van der Waals surface area contributed by atoms with Crippen molar-refractivity contribution in [3.8, 4) is 0 Å². The molecule has 2 rings (SSSR count). The van der Waals surface area contributed by atoms with E-state index in [9.17, 15) is 19.5 Å². The first-order valence-corrected chi connectivity index (χ1v) is 12.1. The van der Waals surface area contributed by atoms with Crippen LogP contribution in [0, 0.1) is 0 Å². The van der Waals surface area contributed by atoms with Gasteiger partial charge in [0.05, 0.1) is 24.6 Å². The van der Waals surface area contributed by atoms with Crippen molar-refractivity contribution in [3.63, 3.8) is 0 Å². The summed E-state index contributed by atoms with van der Waals surface area (Å²) in [4.78, 5) is 42.6. The highest BCUT2D eigenvalue weighted by Gasteiger charge is 2.24. The van der Waals surface area contributed by atoms with E-state index in [2.05, 4.69) is 17.2 Å². The number of carbonyl (C=O) groups is 3. The van der Waals surface area contributed by atoms with Crippen LogP contribution in [0.3, 0.4) is 0 Å². The molecule has 10 heteroatoms. The number of ether oxygens (including phenoxy) is 2. The number of methoxy groups -OCH3 is 2. The van der Waals surface area contributed by atoms with Crippen molar-refractivity contribution in [1.82, 2.24) is 19.8 Å². The van der Waals surface area contributed by atoms with E-state index in [1.807, 2.05) is 23.6 Å². The molecule has 2 aromatic rings. The molecule has 1 heterocycles. The number of unbranched alkanes of at least 4 members (excludes halogenated alkanes) is 2. The smallest absolute Gasteiger partial charge is 0.352 e. The molecule has 0 aliphatic carbocycles. The molecule has 0 spiro atoms. The lowest BCUT2D eigenvalue weighted by atomic mass is 10.1. The van der Waals surface area contributed by atoms with Gasteiger partial charge < -0.3 is 24.5 Å². The maximum Gasteiger partial charge on any atom is 0.352 e. The molecule has 0 aliphatic rings. The van der Waals surface area contributed by atoms with Gasteiger partial charge in [-0.1, -0.05) is 38.8 Å². The van der Waals surface area contributed by atoms with Gasteiger partial charge in [0.25, 0.3) is 0 Å². The van der Waals surface area contributed by atoms with Gasteiger partial charge in [-0.3, -0.25) is 4.90 Å². The molecule has 0 saturated heterocycles. The fourth-order valence-corrected chi connectivity index (χ4v) is 3.58. The molecule has 1 aromatic heterocycles. The lowest BCUT2D eigenvalue weighted by molar-refractivity contribution is -0.134. The van der Waals surface area contributed by atoms with Gasteiger partial charge in [-0.15, -0.1) is 0 Å². The van der Waals surface area contributed by atoms with Crippen molar-refractivity contribution in [1.29, 1.82) is 0 Å². The Morgan fingerprint density at radius 2 is 1.81 bits per heavy atom. The average Bonchev–Trinajstić information content (AvgIpc) is 3.26. The summed E-state index contributed by atoms with van der Waals surface area (Å²) in [6, 6.07) is 6.48. The highest BCUT2D eigenvalue weighted by atomic mass is 16.5. The predicted molar refractivity (Wildman–Crippen MR) is 135 cm³/mol. The molecule has 0 atom stereocenters. The summed E-state index contributed by atoms with van der Waals surface area (Å²) < 4.78 is 11.6. The van der Waals surface area contributed by atoms with Gasteiger partial charge in [0.15, 0.2) is 0 Å². The first-order valence-electron chi connectivity index (χ1n) is 12.1. The molecule has 36 heavy (non-hydrogen) atoms. The number of imidazole rings is 1. The number of hydrogen-bond donors (Lipinski definition) is 2. The quantitative estimate of drug-likeness (QED) is 0.229. The van der Waals surface area contributed by atoms with Crippen LogP contribution in [-0.4, -0.2) is 65.0 Å². The minimum Gasteiger partial charge on any atom is -0.477 e. The van der Waals surface area contributed by atoms with E-state index in [0.29, 0.717) is 24.2 Å². The number of rotatable bonds is 14. The van der Waals surface area contributed by atoms with E-state index >= 15 is 0 Å². The number of urea groups is 1. The maximum atomic E-state index is 12.7. The topological polar surface area (TPSA) is 123 Å². The van der Waals surface area contributed by atoms with Crippen LogP contribution < -0.4 is 5.32 Å². The second-order valence-corrected chi connectivity index (χ2v) is 8.23. The number of aryl methyl sites for hydroxylation is 1. The summed E-state index contributed by atoms with van der Waals surface area (Å²) in [5.41, 5.74) is 1.77. The third kappa shape index (κ3) is 7.94. The molecule has 2 amide bonds. The van der Waals surface area contributed by atoms with Gasteiger partial charge in [0, 0.05) is 26.6 Å². The van der Waals surface area contributed by atoms with Gasteiger partial charge >= 0.3 is 18.0 Å². The van der Waals surface area contributed by atoms with Crippen LogP contribution in [0.4, 0.5) is 4.79 Å². The third-order valence-electron chi connectivity index (χ3n) is 5.58. The van der Waals surface area contributed by atoms with Crippen LogP contribution in [0.25, 0.3) is 6.08 Å². The molecule has 10 nitrogen and oxygen atoms in total. The number of esters is 1. The number of carboxylic acid groups (broad SMARTS) is 1. The maximum absolute atomic E-state index is 12.7. The summed E-state index contributed by atoms with van der Waals surface area (Å²) in [5, 5.41) is 12.6. The second kappa shape index (κ2) is 14.7. The van der Waals surface area contributed by atoms with Crippen LogP contribution in [-0.2, 0) is 27.2 Å².